The third kappa shape index (κ3) is 2.44. The zero-order valence-corrected chi connectivity index (χ0v) is 11.1. The van der Waals surface area contributed by atoms with Crippen LogP contribution in [0, 0.1) is 6.92 Å². The molecule has 0 aliphatic carbocycles. The van der Waals surface area contributed by atoms with E-state index < -0.39 is 0 Å². The highest BCUT2D eigenvalue weighted by Gasteiger charge is 2.16. The number of rotatable bonds is 4. The smallest absolute Gasteiger partial charge is 0.0878 e. The summed E-state index contributed by atoms with van der Waals surface area (Å²) in [6, 6.07) is 10.5. The number of nitrogens with zero attached hydrogens (tertiary/aromatic N) is 2. The topological polar surface area (TPSA) is 55.9 Å². The number of nitrogens with two attached hydrogens (primary N) is 1. The quantitative estimate of drug-likeness (QED) is 0.637. The van der Waals surface area contributed by atoms with Gasteiger partial charge >= 0.3 is 0 Å². The molecule has 0 amide bonds. The van der Waals surface area contributed by atoms with Gasteiger partial charge in [0.2, 0.25) is 0 Å². The molecule has 18 heavy (non-hydrogen) atoms. The molecule has 2 rings (SSSR count). The second-order valence-electron chi connectivity index (χ2n) is 4.53. The summed E-state index contributed by atoms with van der Waals surface area (Å²) in [4.78, 5) is 0. The minimum absolute atomic E-state index is 0.0258. The SMILES string of the molecule is CCc1ccc(C(NN)c2cc(C)nn2C)cc1. The van der Waals surface area contributed by atoms with Crippen molar-refractivity contribution >= 4 is 0 Å². The molecule has 0 fully saturated rings. The molecule has 2 aromatic rings. The molecule has 4 nitrogen and oxygen atoms in total. The first-order valence-corrected chi connectivity index (χ1v) is 6.21. The van der Waals surface area contributed by atoms with Gasteiger partial charge in [-0.1, -0.05) is 31.2 Å². The normalized spacial score (nSPS) is 12.7. The summed E-state index contributed by atoms with van der Waals surface area (Å²) in [5, 5.41) is 4.36. The van der Waals surface area contributed by atoms with Crippen LogP contribution in [-0.4, -0.2) is 9.78 Å². The van der Waals surface area contributed by atoms with E-state index in [1.54, 1.807) is 0 Å². The fourth-order valence-electron chi connectivity index (χ4n) is 2.20. The molecule has 3 N–H and O–H groups in total. The second-order valence-corrected chi connectivity index (χ2v) is 4.53. The molecule has 1 atom stereocenters. The van der Waals surface area contributed by atoms with Gasteiger partial charge in [-0.2, -0.15) is 5.10 Å². The van der Waals surface area contributed by atoms with Crippen molar-refractivity contribution < 1.29 is 0 Å². The Hall–Kier alpha value is -1.65. The van der Waals surface area contributed by atoms with Gasteiger partial charge in [0.05, 0.1) is 17.4 Å². The van der Waals surface area contributed by atoms with E-state index in [9.17, 15) is 0 Å². The Morgan fingerprint density at radius 1 is 1.33 bits per heavy atom. The molecule has 1 heterocycles. The van der Waals surface area contributed by atoms with E-state index in [-0.39, 0.29) is 6.04 Å². The lowest BCUT2D eigenvalue weighted by Crippen LogP contribution is -2.30. The van der Waals surface area contributed by atoms with Gasteiger partial charge in [0.1, 0.15) is 0 Å². The number of nitrogens with one attached hydrogen (secondary N) is 1. The van der Waals surface area contributed by atoms with Gasteiger partial charge in [-0.25, -0.2) is 5.43 Å². The molecule has 0 saturated carbocycles. The van der Waals surface area contributed by atoms with Crippen molar-refractivity contribution in [1.82, 2.24) is 15.2 Å². The van der Waals surface area contributed by atoms with Crippen LogP contribution in [0.15, 0.2) is 30.3 Å². The monoisotopic (exact) mass is 244 g/mol. The third-order valence-electron chi connectivity index (χ3n) is 3.22. The molecule has 0 radical (unpaired) electrons. The van der Waals surface area contributed by atoms with E-state index >= 15 is 0 Å². The fourth-order valence-corrected chi connectivity index (χ4v) is 2.20. The fraction of sp³-hybridized carbons (Fsp3) is 0.357. The van der Waals surface area contributed by atoms with E-state index in [0.29, 0.717) is 0 Å². The van der Waals surface area contributed by atoms with Crippen LogP contribution in [0.3, 0.4) is 0 Å². The Labute approximate surface area is 108 Å². The molecule has 0 spiro atoms. The van der Waals surface area contributed by atoms with Crippen molar-refractivity contribution in [2.45, 2.75) is 26.3 Å². The second kappa shape index (κ2) is 5.33. The number of hydrazine groups is 1. The lowest BCUT2D eigenvalue weighted by Gasteiger charge is -2.17. The van der Waals surface area contributed by atoms with E-state index in [1.807, 2.05) is 18.7 Å². The Kier molecular flexibility index (Phi) is 3.79. The maximum atomic E-state index is 5.69. The molecule has 4 heteroatoms. The van der Waals surface area contributed by atoms with Crippen molar-refractivity contribution in [3.63, 3.8) is 0 Å². The summed E-state index contributed by atoms with van der Waals surface area (Å²) in [6.45, 7) is 4.13. The Morgan fingerprint density at radius 3 is 2.44 bits per heavy atom. The highest BCUT2D eigenvalue weighted by atomic mass is 15.3. The molecule has 0 bridgehead atoms. The maximum Gasteiger partial charge on any atom is 0.0878 e. The van der Waals surface area contributed by atoms with Crippen LogP contribution in [0.5, 0.6) is 0 Å². The largest absolute Gasteiger partial charge is 0.271 e. The first-order chi connectivity index (χ1) is 8.65. The average molecular weight is 244 g/mol. The van der Waals surface area contributed by atoms with Crippen molar-refractivity contribution in [2.75, 3.05) is 0 Å². The van der Waals surface area contributed by atoms with Gasteiger partial charge < -0.3 is 0 Å². The zero-order valence-electron chi connectivity index (χ0n) is 11.1. The Bertz CT molecular complexity index is 513. The molecule has 0 aliphatic rings. The summed E-state index contributed by atoms with van der Waals surface area (Å²) < 4.78 is 1.87. The Morgan fingerprint density at radius 2 is 2.00 bits per heavy atom. The van der Waals surface area contributed by atoms with E-state index in [0.717, 1.165) is 23.4 Å². The Balaban J connectivity index is 2.35. The summed E-state index contributed by atoms with van der Waals surface area (Å²) >= 11 is 0. The highest BCUT2D eigenvalue weighted by Crippen LogP contribution is 2.22. The highest BCUT2D eigenvalue weighted by molar-refractivity contribution is 5.31. The number of aromatic nitrogens is 2. The molecular weight excluding hydrogens is 224 g/mol. The summed E-state index contributed by atoms with van der Waals surface area (Å²) in [5.41, 5.74) is 7.41. The summed E-state index contributed by atoms with van der Waals surface area (Å²) in [6.07, 6.45) is 1.05. The van der Waals surface area contributed by atoms with E-state index in [2.05, 4.69) is 47.8 Å². The molecule has 0 saturated heterocycles. The van der Waals surface area contributed by atoms with Crippen LogP contribution in [0.2, 0.25) is 0 Å². The van der Waals surface area contributed by atoms with Gasteiger partial charge in [0, 0.05) is 7.05 Å². The van der Waals surface area contributed by atoms with Crippen molar-refractivity contribution in [1.29, 1.82) is 0 Å². The van der Waals surface area contributed by atoms with Crippen molar-refractivity contribution in [2.24, 2.45) is 12.9 Å². The molecular formula is C14H20N4. The molecule has 1 aromatic heterocycles. The first-order valence-electron chi connectivity index (χ1n) is 6.21. The first kappa shape index (κ1) is 12.8. The molecule has 1 aromatic carbocycles. The third-order valence-corrected chi connectivity index (χ3v) is 3.22. The van der Waals surface area contributed by atoms with Crippen LogP contribution in [0.1, 0.15) is 35.5 Å². The van der Waals surface area contributed by atoms with Crippen LogP contribution < -0.4 is 11.3 Å². The predicted molar refractivity (Wildman–Crippen MR) is 72.9 cm³/mol. The number of benzene rings is 1. The number of aryl methyl sites for hydroxylation is 3. The van der Waals surface area contributed by atoms with Crippen LogP contribution >= 0.6 is 0 Å². The van der Waals surface area contributed by atoms with Crippen LogP contribution in [0.4, 0.5) is 0 Å². The van der Waals surface area contributed by atoms with Crippen molar-refractivity contribution in [3.8, 4) is 0 Å². The summed E-state index contributed by atoms with van der Waals surface area (Å²) in [5.74, 6) is 5.69. The lowest BCUT2D eigenvalue weighted by atomic mass is 10.0. The molecule has 1 unspecified atom stereocenters. The maximum absolute atomic E-state index is 5.69. The predicted octanol–water partition coefficient (Wildman–Crippen LogP) is 1.84. The minimum atomic E-state index is -0.0258. The van der Waals surface area contributed by atoms with Gasteiger partial charge in [-0.15, -0.1) is 0 Å². The zero-order chi connectivity index (χ0) is 13.1. The lowest BCUT2D eigenvalue weighted by molar-refractivity contribution is 0.574. The van der Waals surface area contributed by atoms with Crippen molar-refractivity contribution in [3.05, 3.63) is 52.8 Å². The average Bonchev–Trinajstić information content (AvgIpc) is 2.70. The molecule has 0 aliphatic heterocycles. The standard InChI is InChI=1S/C14H20N4/c1-4-11-5-7-12(8-6-11)14(16-15)13-9-10(2)17-18(13)3/h5-9,14,16H,4,15H2,1-3H3. The van der Waals surface area contributed by atoms with Gasteiger partial charge in [-0.3, -0.25) is 10.5 Å². The number of hydrogen-bond donors (Lipinski definition) is 2. The summed E-state index contributed by atoms with van der Waals surface area (Å²) in [7, 11) is 1.94. The van der Waals surface area contributed by atoms with Gasteiger partial charge in [-0.05, 0) is 30.5 Å². The van der Waals surface area contributed by atoms with Crippen LogP contribution in [-0.2, 0) is 13.5 Å². The van der Waals surface area contributed by atoms with Crippen LogP contribution in [0.25, 0.3) is 0 Å². The molecule has 96 valence electrons. The number of hydrogen-bond acceptors (Lipinski definition) is 3. The van der Waals surface area contributed by atoms with E-state index in [4.69, 9.17) is 5.84 Å². The minimum Gasteiger partial charge on any atom is -0.271 e. The van der Waals surface area contributed by atoms with Gasteiger partial charge in [0.15, 0.2) is 0 Å². The van der Waals surface area contributed by atoms with Gasteiger partial charge in [0.25, 0.3) is 0 Å². The van der Waals surface area contributed by atoms with E-state index in [1.165, 1.54) is 5.56 Å².